The summed E-state index contributed by atoms with van der Waals surface area (Å²) in [5.41, 5.74) is 0.866. The molecular weight excluding hydrogens is 553 g/mol. The maximum atomic E-state index is 13.9. The number of nitrogens with one attached hydrogen (secondary N) is 1. The van der Waals surface area contributed by atoms with Crippen molar-refractivity contribution in [2.75, 3.05) is 0 Å². The molecule has 0 fully saturated rings. The van der Waals surface area contributed by atoms with Crippen LogP contribution in [-0.2, 0) is 14.4 Å². The highest BCUT2D eigenvalue weighted by atomic mass is 127. The Morgan fingerprint density at radius 2 is 1.63 bits per heavy atom. The van der Waals surface area contributed by atoms with Gasteiger partial charge in [-0.05, 0) is 90.9 Å². The lowest BCUT2D eigenvalue weighted by Crippen LogP contribution is -2.54. The Balaban J connectivity index is 1.95. The lowest BCUT2D eigenvalue weighted by Gasteiger charge is -2.42. The number of halogens is 1. The van der Waals surface area contributed by atoms with Crippen molar-refractivity contribution >= 4 is 45.8 Å². The van der Waals surface area contributed by atoms with Gasteiger partial charge in [-0.1, -0.05) is 42.5 Å². The molecule has 2 aliphatic rings. The normalized spacial score (nSPS) is 17.6. The molecule has 2 amide bonds. The first kappa shape index (κ1) is 24.6. The molecule has 0 aromatic heterocycles. The summed E-state index contributed by atoms with van der Waals surface area (Å²) in [5.74, 6) is -0.856. The Bertz CT molecular complexity index is 1310. The Morgan fingerprint density at radius 3 is 2.17 bits per heavy atom. The van der Waals surface area contributed by atoms with Crippen LogP contribution < -0.4 is 5.32 Å². The molecule has 1 N–H and O–H groups in total. The van der Waals surface area contributed by atoms with Crippen LogP contribution in [0, 0.1) is 11.3 Å². The average molecular weight is 577 g/mol. The van der Waals surface area contributed by atoms with Gasteiger partial charge in [-0.15, -0.1) is 0 Å². The molecule has 6 nitrogen and oxygen atoms in total. The van der Waals surface area contributed by atoms with E-state index >= 15 is 0 Å². The van der Waals surface area contributed by atoms with E-state index in [1.807, 2.05) is 73.7 Å². The predicted octanol–water partition coefficient (Wildman–Crippen LogP) is 4.64. The number of hydrogen-bond acceptors (Lipinski definition) is 4. The van der Waals surface area contributed by atoms with Crippen molar-refractivity contribution in [2.24, 2.45) is 0 Å². The van der Waals surface area contributed by atoms with Crippen molar-refractivity contribution in [1.29, 1.82) is 5.26 Å². The minimum absolute atomic E-state index is 0.189. The first-order chi connectivity index (χ1) is 16.6. The van der Waals surface area contributed by atoms with Gasteiger partial charge in [-0.3, -0.25) is 14.4 Å². The third-order valence-electron chi connectivity index (χ3n) is 5.85. The molecule has 0 bridgehead atoms. The minimum atomic E-state index is -1.14. The first-order valence-electron chi connectivity index (χ1n) is 11.1. The van der Waals surface area contributed by atoms with Gasteiger partial charge < -0.3 is 10.2 Å². The van der Waals surface area contributed by atoms with Gasteiger partial charge in [0.2, 0.25) is 5.91 Å². The number of benzene rings is 2. The molecule has 1 unspecified atom stereocenters. The molecule has 1 aliphatic heterocycles. The fraction of sp³-hybridized carbons (Fsp3) is 0.214. The number of carbonyl (C=O) groups is 3. The van der Waals surface area contributed by atoms with E-state index in [2.05, 4.69) is 11.4 Å². The second kappa shape index (κ2) is 9.27. The average Bonchev–Trinajstić information content (AvgIpc) is 3.02. The third kappa shape index (κ3) is 4.58. The summed E-state index contributed by atoms with van der Waals surface area (Å²) in [6.07, 6.45) is 6.27. The Hall–Kier alpha value is -3.51. The quantitative estimate of drug-likeness (QED) is 0.537. The smallest absolute Gasteiger partial charge is 0.262 e. The van der Waals surface area contributed by atoms with E-state index in [0.717, 1.165) is 5.56 Å². The summed E-state index contributed by atoms with van der Waals surface area (Å²) in [6, 6.07) is 17.2. The summed E-state index contributed by atoms with van der Waals surface area (Å²) >= 11 is 2.03. The predicted molar refractivity (Wildman–Crippen MR) is 142 cm³/mol. The van der Waals surface area contributed by atoms with E-state index in [4.69, 9.17) is 0 Å². The van der Waals surface area contributed by atoms with Crippen LogP contribution in [0.1, 0.15) is 43.5 Å². The zero-order valence-corrected chi connectivity index (χ0v) is 21.7. The number of rotatable bonds is 4. The van der Waals surface area contributed by atoms with Crippen LogP contribution in [0.4, 0.5) is 0 Å². The molecule has 1 aliphatic carbocycles. The molecule has 0 saturated carbocycles. The minimum Gasteiger partial charge on any atom is -0.349 e. The summed E-state index contributed by atoms with van der Waals surface area (Å²) in [4.78, 5) is 41.4. The monoisotopic (exact) mass is 577 g/mol. The lowest BCUT2D eigenvalue weighted by atomic mass is 9.81. The third-order valence-corrected chi connectivity index (χ3v) is 6.85. The molecule has 1 heterocycles. The molecule has 1 atom stereocenters. The van der Waals surface area contributed by atoms with Crippen LogP contribution >= 0.6 is 22.6 Å². The Kier molecular flexibility index (Phi) is 6.52. The van der Waals surface area contributed by atoms with Crippen LogP contribution in [0.3, 0.4) is 0 Å². The van der Waals surface area contributed by atoms with Crippen molar-refractivity contribution in [2.45, 2.75) is 37.9 Å². The van der Waals surface area contributed by atoms with Crippen molar-refractivity contribution < 1.29 is 14.4 Å². The molecule has 4 rings (SSSR count). The van der Waals surface area contributed by atoms with E-state index in [0.29, 0.717) is 20.3 Å². The lowest BCUT2D eigenvalue weighted by molar-refractivity contribution is -0.139. The van der Waals surface area contributed by atoms with E-state index in [1.54, 1.807) is 41.3 Å². The standard InChI is InChI=1S/C28H24IN3O3/c1-27(2,3)31-25(34)24(20-11-9-18(17-30)10-12-20)32-26(35)23(29)22(19-7-5-4-6-8-19)28(32)15-13-21(33)14-16-28/h4-16,24H,1-3H3,(H,31,34). The summed E-state index contributed by atoms with van der Waals surface area (Å²) < 4.78 is 0.472. The topological polar surface area (TPSA) is 90.3 Å². The summed E-state index contributed by atoms with van der Waals surface area (Å²) in [5, 5.41) is 12.3. The van der Waals surface area contributed by atoms with E-state index < -0.39 is 17.1 Å². The first-order valence-corrected chi connectivity index (χ1v) is 12.2. The summed E-state index contributed by atoms with van der Waals surface area (Å²) in [7, 11) is 0. The number of ketones is 1. The van der Waals surface area contributed by atoms with Gasteiger partial charge in [0, 0.05) is 11.1 Å². The fourth-order valence-corrected chi connectivity index (χ4v) is 5.43. The van der Waals surface area contributed by atoms with E-state index in [9.17, 15) is 19.6 Å². The van der Waals surface area contributed by atoms with Crippen LogP contribution in [0.5, 0.6) is 0 Å². The highest BCUT2D eigenvalue weighted by molar-refractivity contribution is 14.1. The second-order valence-corrected chi connectivity index (χ2v) is 10.6. The van der Waals surface area contributed by atoms with E-state index in [1.165, 1.54) is 12.2 Å². The van der Waals surface area contributed by atoms with Crippen LogP contribution in [0.2, 0.25) is 0 Å². The van der Waals surface area contributed by atoms with Crippen LogP contribution in [0.15, 0.2) is 82.5 Å². The van der Waals surface area contributed by atoms with E-state index in [-0.39, 0.29) is 17.6 Å². The summed E-state index contributed by atoms with van der Waals surface area (Å²) in [6.45, 7) is 5.62. The Morgan fingerprint density at radius 1 is 1.03 bits per heavy atom. The molecule has 1 spiro atoms. The van der Waals surface area contributed by atoms with Crippen molar-refractivity contribution in [3.8, 4) is 6.07 Å². The molecule has 0 radical (unpaired) electrons. The molecule has 35 heavy (non-hydrogen) atoms. The van der Waals surface area contributed by atoms with Crippen LogP contribution in [-0.4, -0.2) is 33.6 Å². The fourth-order valence-electron chi connectivity index (χ4n) is 4.42. The van der Waals surface area contributed by atoms with Crippen molar-refractivity contribution in [3.05, 3.63) is 99.2 Å². The van der Waals surface area contributed by atoms with Gasteiger partial charge in [0.05, 0.1) is 15.2 Å². The number of hydrogen-bond donors (Lipinski definition) is 1. The number of nitrogens with zero attached hydrogens (tertiary/aromatic N) is 2. The zero-order chi connectivity index (χ0) is 25.4. The van der Waals surface area contributed by atoms with Gasteiger partial charge in [0.25, 0.3) is 5.91 Å². The van der Waals surface area contributed by atoms with Crippen LogP contribution in [0.25, 0.3) is 5.57 Å². The molecule has 7 heteroatoms. The van der Waals surface area contributed by atoms with Crippen molar-refractivity contribution in [1.82, 2.24) is 10.2 Å². The number of nitriles is 1. The maximum absolute atomic E-state index is 13.9. The highest BCUT2D eigenvalue weighted by Crippen LogP contribution is 2.50. The highest BCUT2D eigenvalue weighted by Gasteiger charge is 2.54. The van der Waals surface area contributed by atoms with Gasteiger partial charge in [0.15, 0.2) is 5.78 Å². The Labute approximate surface area is 218 Å². The van der Waals surface area contributed by atoms with Gasteiger partial charge in [0.1, 0.15) is 11.6 Å². The van der Waals surface area contributed by atoms with Crippen molar-refractivity contribution in [3.63, 3.8) is 0 Å². The number of amides is 2. The largest absolute Gasteiger partial charge is 0.349 e. The van der Waals surface area contributed by atoms with Gasteiger partial charge in [-0.25, -0.2) is 0 Å². The maximum Gasteiger partial charge on any atom is 0.262 e. The molecular formula is C28H24IN3O3. The van der Waals surface area contributed by atoms with Gasteiger partial charge in [-0.2, -0.15) is 5.26 Å². The number of allylic oxidation sites excluding steroid dienone is 2. The van der Waals surface area contributed by atoms with Gasteiger partial charge >= 0.3 is 0 Å². The molecule has 2 aromatic rings. The molecule has 176 valence electrons. The SMILES string of the molecule is CC(C)(C)NC(=O)C(c1ccc(C#N)cc1)N1C(=O)C(I)=C(c2ccccc2)C12C=CC(=O)C=C2. The zero-order valence-electron chi connectivity index (χ0n) is 19.6. The number of carbonyl (C=O) groups excluding carboxylic acids is 3. The molecule has 2 aromatic carbocycles. The molecule has 0 saturated heterocycles. The second-order valence-electron chi connectivity index (χ2n) is 9.50.